The molecule has 0 atom stereocenters. The number of anilines is 1. The highest BCUT2D eigenvalue weighted by Gasteiger charge is 2.16. The molecule has 0 unspecified atom stereocenters. The summed E-state index contributed by atoms with van der Waals surface area (Å²) < 4.78 is 24.8. The smallest absolute Gasteiger partial charge is 0.280 e. The van der Waals surface area contributed by atoms with Gasteiger partial charge in [0.2, 0.25) is 0 Å². The SMILES string of the molecule is Nc1nc(C(F)F)c(CO)cc1CBr. The number of aromatic nitrogens is 1. The zero-order valence-electron chi connectivity index (χ0n) is 7.17. The van der Waals surface area contributed by atoms with E-state index in [9.17, 15) is 8.78 Å². The molecular formula is C8H9BrF2N2O. The Morgan fingerprint density at radius 2 is 2.14 bits per heavy atom. The first-order valence-electron chi connectivity index (χ1n) is 3.83. The molecule has 14 heavy (non-hydrogen) atoms. The number of rotatable bonds is 3. The van der Waals surface area contributed by atoms with Crippen molar-refractivity contribution < 1.29 is 13.9 Å². The topological polar surface area (TPSA) is 59.1 Å². The van der Waals surface area contributed by atoms with E-state index in [4.69, 9.17) is 10.8 Å². The van der Waals surface area contributed by atoms with Crippen LogP contribution in [-0.4, -0.2) is 10.1 Å². The summed E-state index contributed by atoms with van der Waals surface area (Å²) in [7, 11) is 0. The minimum atomic E-state index is -2.72. The predicted molar refractivity (Wildman–Crippen MR) is 52.2 cm³/mol. The first-order valence-corrected chi connectivity index (χ1v) is 4.95. The lowest BCUT2D eigenvalue weighted by Crippen LogP contribution is -2.05. The number of nitrogens with zero attached hydrogens (tertiary/aromatic N) is 1. The molecule has 0 spiro atoms. The average molecular weight is 267 g/mol. The van der Waals surface area contributed by atoms with Crippen molar-refractivity contribution in [3.05, 3.63) is 22.9 Å². The van der Waals surface area contributed by atoms with Crippen LogP contribution in [0.5, 0.6) is 0 Å². The van der Waals surface area contributed by atoms with Crippen LogP contribution in [0.25, 0.3) is 0 Å². The summed E-state index contributed by atoms with van der Waals surface area (Å²) in [6.07, 6.45) is -2.72. The maximum Gasteiger partial charge on any atom is 0.280 e. The lowest BCUT2D eigenvalue weighted by molar-refractivity contribution is 0.141. The zero-order chi connectivity index (χ0) is 10.7. The minimum absolute atomic E-state index is 0.0642. The second-order valence-corrected chi connectivity index (χ2v) is 3.23. The van der Waals surface area contributed by atoms with Gasteiger partial charge >= 0.3 is 0 Å². The van der Waals surface area contributed by atoms with Crippen LogP contribution in [0.1, 0.15) is 23.2 Å². The molecule has 0 aromatic carbocycles. The Balaban J connectivity index is 3.24. The molecule has 0 aliphatic carbocycles. The van der Waals surface area contributed by atoms with Crippen LogP contribution in [-0.2, 0) is 11.9 Å². The molecule has 0 amide bonds. The Kier molecular flexibility index (Phi) is 3.77. The van der Waals surface area contributed by atoms with E-state index in [1.54, 1.807) is 0 Å². The number of aliphatic hydroxyl groups is 1. The van der Waals surface area contributed by atoms with E-state index in [1.807, 2.05) is 0 Å². The molecule has 0 radical (unpaired) electrons. The number of hydrogen-bond acceptors (Lipinski definition) is 3. The van der Waals surface area contributed by atoms with Crippen LogP contribution in [0.4, 0.5) is 14.6 Å². The van der Waals surface area contributed by atoms with Gasteiger partial charge in [0.05, 0.1) is 6.61 Å². The van der Waals surface area contributed by atoms with Crippen LogP contribution < -0.4 is 5.73 Å². The van der Waals surface area contributed by atoms with Crippen molar-refractivity contribution in [1.29, 1.82) is 0 Å². The third-order valence-corrected chi connectivity index (χ3v) is 2.37. The highest BCUT2D eigenvalue weighted by Crippen LogP contribution is 2.25. The second kappa shape index (κ2) is 4.65. The summed E-state index contributed by atoms with van der Waals surface area (Å²) in [5.74, 6) is 0.0642. The quantitative estimate of drug-likeness (QED) is 0.823. The normalized spacial score (nSPS) is 10.9. The summed E-state index contributed by atoms with van der Waals surface area (Å²) in [6, 6.07) is 1.43. The molecule has 1 aromatic rings. The summed E-state index contributed by atoms with van der Waals surface area (Å²) in [5.41, 5.74) is 5.70. The molecule has 0 aliphatic rings. The second-order valence-electron chi connectivity index (χ2n) is 2.67. The van der Waals surface area contributed by atoms with Crippen molar-refractivity contribution >= 4 is 21.7 Å². The third-order valence-electron chi connectivity index (χ3n) is 1.77. The Labute approximate surface area is 88.1 Å². The predicted octanol–water partition coefficient (Wildman–Crippen LogP) is 1.99. The van der Waals surface area contributed by atoms with Crippen LogP contribution in [0, 0.1) is 0 Å². The van der Waals surface area contributed by atoms with Crippen LogP contribution >= 0.6 is 15.9 Å². The van der Waals surface area contributed by atoms with Crippen molar-refractivity contribution in [3.63, 3.8) is 0 Å². The lowest BCUT2D eigenvalue weighted by Gasteiger charge is -2.09. The van der Waals surface area contributed by atoms with Gasteiger partial charge < -0.3 is 10.8 Å². The van der Waals surface area contributed by atoms with Gasteiger partial charge in [0, 0.05) is 16.5 Å². The molecular weight excluding hydrogens is 258 g/mol. The summed E-state index contributed by atoms with van der Waals surface area (Å²) in [6.45, 7) is -0.465. The number of hydrogen-bond donors (Lipinski definition) is 2. The molecule has 0 aliphatic heterocycles. The maximum absolute atomic E-state index is 12.4. The number of aliphatic hydroxyl groups excluding tert-OH is 1. The van der Waals surface area contributed by atoms with Gasteiger partial charge in [-0.3, -0.25) is 0 Å². The first-order chi connectivity index (χ1) is 6.60. The Morgan fingerprint density at radius 3 is 2.57 bits per heavy atom. The Bertz CT molecular complexity index is 333. The fourth-order valence-corrected chi connectivity index (χ4v) is 1.50. The molecule has 6 heteroatoms. The Morgan fingerprint density at radius 1 is 1.50 bits per heavy atom. The van der Waals surface area contributed by atoms with E-state index >= 15 is 0 Å². The van der Waals surface area contributed by atoms with Gasteiger partial charge in [0.1, 0.15) is 11.5 Å². The summed E-state index contributed by atoms with van der Waals surface area (Å²) in [5, 5.41) is 9.27. The zero-order valence-corrected chi connectivity index (χ0v) is 8.76. The van der Waals surface area contributed by atoms with Gasteiger partial charge in [0.25, 0.3) is 6.43 Å². The van der Waals surface area contributed by atoms with E-state index in [2.05, 4.69) is 20.9 Å². The maximum atomic E-state index is 12.4. The molecule has 78 valence electrons. The van der Waals surface area contributed by atoms with E-state index in [0.29, 0.717) is 10.9 Å². The highest BCUT2D eigenvalue weighted by atomic mass is 79.9. The molecule has 0 bridgehead atoms. The largest absolute Gasteiger partial charge is 0.392 e. The van der Waals surface area contributed by atoms with Gasteiger partial charge in [-0.25, -0.2) is 13.8 Å². The number of alkyl halides is 3. The molecule has 3 nitrogen and oxygen atoms in total. The van der Waals surface area contributed by atoms with Crippen molar-refractivity contribution in [2.24, 2.45) is 0 Å². The molecule has 3 N–H and O–H groups in total. The molecule has 1 heterocycles. The molecule has 0 saturated carbocycles. The number of nitrogen functional groups attached to an aromatic ring is 1. The average Bonchev–Trinajstić information content (AvgIpc) is 2.17. The van der Waals surface area contributed by atoms with E-state index in [0.717, 1.165) is 0 Å². The minimum Gasteiger partial charge on any atom is -0.392 e. The van der Waals surface area contributed by atoms with Crippen LogP contribution in [0.3, 0.4) is 0 Å². The monoisotopic (exact) mass is 266 g/mol. The first kappa shape index (κ1) is 11.3. The van der Waals surface area contributed by atoms with Gasteiger partial charge in [-0.1, -0.05) is 15.9 Å². The fraction of sp³-hybridized carbons (Fsp3) is 0.375. The standard InChI is InChI=1S/C8H9BrF2N2O/c9-2-4-1-5(3-14)6(7(10)11)13-8(4)12/h1,7,14H,2-3H2,(H2,12,13). The molecule has 0 saturated heterocycles. The highest BCUT2D eigenvalue weighted by molar-refractivity contribution is 9.08. The van der Waals surface area contributed by atoms with Crippen LogP contribution in [0.15, 0.2) is 6.07 Å². The summed E-state index contributed by atoms with van der Waals surface area (Å²) in [4.78, 5) is 3.55. The van der Waals surface area contributed by atoms with E-state index in [1.165, 1.54) is 6.07 Å². The molecule has 1 aromatic heterocycles. The van der Waals surface area contributed by atoms with E-state index in [-0.39, 0.29) is 11.4 Å². The van der Waals surface area contributed by atoms with Gasteiger partial charge in [0.15, 0.2) is 0 Å². The lowest BCUT2D eigenvalue weighted by atomic mass is 10.1. The van der Waals surface area contributed by atoms with Crippen molar-refractivity contribution in [2.45, 2.75) is 18.4 Å². The molecule has 0 fully saturated rings. The van der Waals surface area contributed by atoms with Crippen molar-refractivity contribution in [1.82, 2.24) is 4.98 Å². The van der Waals surface area contributed by atoms with Crippen molar-refractivity contribution in [3.8, 4) is 0 Å². The Hall–Kier alpha value is -0.750. The number of pyridine rings is 1. The van der Waals surface area contributed by atoms with Gasteiger partial charge in [-0.05, 0) is 6.07 Å². The van der Waals surface area contributed by atoms with Gasteiger partial charge in [-0.2, -0.15) is 0 Å². The van der Waals surface area contributed by atoms with E-state index < -0.39 is 18.7 Å². The molecule has 1 rings (SSSR count). The summed E-state index contributed by atoms with van der Waals surface area (Å²) >= 11 is 3.14. The fourth-order valence-electron chi connectivity index (χ4n) is 1.05. The number of halogens is 3. The van der Waals surface area contributed by atoms with Crippen LogP contribution in [0.2, 0.25) is 0 Å². The van der Waals surface area contributed by atoms with Gasteiger partial charge in [-0.15, -0.1) is 0 Å². The number of nitrogens with two attached hydrogens (primary N) is 1. The van der Waals surface area contributed by atoms with Crippen molar-refractivity contribution in [2.75, 3.05) is 5.73 Å². The third kappa shape index (κ3) is 2.19.